The van der Waals surface area contributed by atoms with E-state index in [1.54, 1.807) is 21.3 Å². The van der Waals surface area contributed by atoms with Crippen molar-refractivity contribution >= 4 is 35.6 Å². The number of benzene rings is 1. The standard InChI is InChI=1S/C17H27N3O3.HI/c1-6-8-9-10-19-17(18-7-2)20-13-11-14(21-3)16(23-5)15(12-13)22-4;/h6,8,11-12H,7,9-10H2,1-5H3,(H2,18,19,20);1H/b8-6+;. The van der Waals surface area contributed by atoms with Gasteiger partial charge in [0.2, 0.25) is 5.75 Å². The van der Waals surface area contributed by atoms with Crippen LogP contribution in [0.3, 0.4) is 0 Å². The number of methoxy groups -OCH3 is 3. The quantitative estimate of drug-likeness (QED) is 0.209. The Kier molecular flexibility index (Phi) is 11.9. The second-order valence-corrected chi connectivity index (χ2v) is 4.66. The Balaban J connectivity index is 0.00000529. The third-order valence-electron chi connectivity index (χ3n) is 3.07. The van der Waals surface area contributed by atoms with Crippen LogP contribution >= 0.6 is 24.0 Å². The fraction of sp³-hybridized carbons (Fsp3) is 0.471. The van der Waals surface area contributed by atoms with Crippen molar-refractivity contribution in [3.8, 4) is 17.2 Å². The molecule has 6 nitrogen and oxygen atoms in total. The summed E-state index contributed by atoms with van der Waals surface area (Å²) in [6.45, 7) is 5.52. The highest BCUT2D eigenvalue weighted by molar-refractivity contribution is 14.0. The van der Waals surface area contributed by atoms with Crippen LogP contribution in [-0.2, 0) is 0 Å². The molecular weight excluding hydrogens is 421 g/mol. The molecule has 0 aliphatic rings. The molecule has 1 aromatic rings. The van der Waals surface area contributed by atoms with Gasteiger partial charge in [0.15, 0.2) is 17.5 Å². The molecule has 136 valence electrons. The molecule has 0 unspecified atom stereocenters. The van der Waals surface area contributed by atoms with Gasteiger partial charge >= 0.3 is 0 Å². The van der Waals surface area contributed by atoms with Crippen molar-refractivity contribution < 1.29 is 14.2 Å². The maximum Gasteiger partial charge on any atom is 0.203 e. The van der Waals surface area contributed by atoms with Crippen LogP contribution in [0, 0.1) is 0 Å². The predicted molar refractivity (Wildman–Crippen MR) is 111 cm³/mol. The van der Waals surface area contributed by atoms with E-state index in [2.05, 4.69) is 21.7 Å². The summed E-state index contributed by atoms with van der Waals surface area (Å²) >= 11 is 0. The summed E-state index contributed by atoms with van der Waals surface area (Å²) in [5.41, 5.74) is 0.810. The molecular formula is C17H28IN3O3. The van der Waals surface area contributed by atoms with Gasteiger partial charge in [-0.1, -0.05) is 12.2 Å². The van der Waals surface area contributed by atoms with Crippen LogP contribution < -0.4 is 24.8 Å². The summed E-state index contributed by atoms with van der Waals surface area (Å²) in [5, 5.41) is 6.47. The van der Waals surface area contributed by atoms with Gasteiger partial charge in [-0.15, -0.1) is 24.0 Å². The fourth-order valence-electron chi connectivity index (χ4n) is 2.01. The van der Waals surface area contributed by atoms with Gasteiger partial charge in [0.1, 0.15) is 0 Å². The van der Waals surface area contributed by atoms with Crippen molar-refractivity contribution in [2.75, 3.05) is 39.7 Å². The Labute approximate surface area is 161 Å². The topological polar surface area (TPSA) is 64.1 Å². The van der Waals surface area contributed by atoms with Gasteiger partial charge in [0, 0.05) is 30.9 Å². The predicted octanol–water partition coefficient (Wildman–Crippen LogP) is 3.67. The van der Waals surface area contributed by atoms with Crippen LogP contribution in [0.25, 0.3) is 0 Å². The normalized spacial score (nSPS) is 11.0. The smallest absolute Gasteiger partial charge is 0.203 e. The molecule has 1 rings (SSSR count). The van der Waals surface area contributed by atoms with Gasteiger partial charge in [-0.2, -0.15) is 0 Å². The van der Waals surface area contributed by atoms with Crippen LogP contribution in [-0.4, -0.2) is 40.4 Å². The number of guanidine groups is 1. The maximum atomic E-state index is 5.36. The lowest BCUT2D eigenvalue weighted by atomic mass is 10.2. The highest BCUT2D eigenvalue weighted by Gasteiger charge is 2.13. The molecule has 0 spiro atoms. The number of nitrogens with zero attached hydrogens (tertiary/aromatic N) is 1. The SMILES string of the molecule is C/C=C/CCN=C(NCC)Nc1cc(OC)c(OC)c(OC)c1.I. The molecule has 0 radical (unpaired) electrons. The minimum Gasteiger partial charge on any atom is -0.493 e. The molecule has 0 fully saturated rings. The molecule has 0 aliphatic carbocycles. The van der Waals surface area contributed by atoms with Crippen LogP contribution in [0.4, 0.5) is 5.69 Å². The fourth-order valence-corrected chi connectivity index (χ4v) is 2.01. The average Bonchev–Trinajstić information content (AvgIpc) is 2.57. The van der Waals surface area contributed by atoms with Crippen molar-refractivity contribution in [1.29, 1.82) is 0 Å². The highest BCUT2D eigenvalue weighted by Crippen LogP contribution is 2.39. The third kappa shape index (κ3) is 6.86. The van der Waals surface area contributed by atoms with Gasteiger partial charge in [0.05, 0.1) is 21.3 Å². The zero-order chi connectivity index (χ0) is 17.1. The number of allylic oxidation sites excluding steroid dienone is 1. The molecule has 0 heterocycles. The summed E-state index contributed by atoms with van der Waals surface area (Å²) in [4.78, 5) is 4.53. The first kappa shape index (κ1) is 22.4. The second-order valence-electron chi connectivity index (χ2n) is 4.66. The van der Waals surface area contributed by atoms with Crippen molar-refractivity contribution in [2.45, 2.75) is 20.3 Å². The maximum absolute atomic E-state index is 5.36. The molecule has 0 aromatic heterocycles. The molecule has 0 aliphatic heterocycles. The van der Waals surface area contributed by atoms with E-state index in [4.69, 9.17) is 14.2 Å². The molecule has 24 heavy (non-hydrogen) atoms. The lowest BCUT2D eigenvalue weighted by Crippen LogP contribution is -2.30. The number of nitrogens with one attached hydrogen (secondary N) is 2. The lowest BCUT2D eigenvalue weighted by molar-refractivity contribution is 0.324. The van der Waals surface area contributed by atoms with E-state index in [0.717, 1.165) is 18.7 Å². The molecule has 7 heteroatoms. The van der Waals surface area contributed by atoms with Gasteiger partial charge in [-0.3, -0.25) is 4.99 Å². The number of halogens is 1. The van der Waals surface area contributed by atoms with Gasteiger partial charge in [0.25, 0.3) is 0 Å². The summed E-state index contributed by atoms with van der Waals surface area (Å²) in [6.07, 6.45) is 5.02. The molecule has 0 atom stereocenters. The van der Waals surface area contributed by atoms with E-state index >= 15 is 0 Å². The summed E-state index contributed by atoms with van der Waals surface area (Å²) in [7, 11) is 4.77. The summed E-state index contributed by atoms with van der Waals surface area (Å²) in [6, 6.07) is 3.69. The minimum atomic E-state index is 0. The van der Waals surface area contributed by atoms with E-state index < -0.39 is 0 Å². The van der Waals surface area contributed by atoms with Gasteiger partial charge < -0.3 is 24.8 Å². The number of hydrogen-bond donors (Lipinski definition) is 2. The molecule has 1 aromatic carbocycles. The van der Waals surface area contributed by atoms with Crippen molar-refractivity contribution in [1.82, 2.24) is 5.32 Å². The van der Waals surface area contributed by atoms with E-state index in [1.807, 2.05) is 32.1 Å². The molecule has 2 N–H and O–H groups in total. The Morgan fingerprint density at radius 3 is 2.21 bits per heavy atom. The van der Waals surface area contributed by atoms with Gasteiger partial charge in [-0.25, -0.2) is 0 Å². The lowest BCUT2D eigenvalue weighted by Gasteiger charge is -2.16. The van der Waals surface area contributed by atoms with E-state index in [1.165, 1.54) is 0 Å². The average molecular weight is 449 g/mol. The Morgan fingerprint density at radius 1 is 1.12 bits per heavy atom. The first-order valence-corrected chi connectivity index (χ1v) is 7.66. The van der Waals surface area contributed by atoms with Gasteiger partial charge in [-0.05, 0) is 20.3 Å². The molecule has 0 amide bonds. The Hall–Kier alpha value is -1.64. The number of rotatable bonds is 8. The molecule has 0 saturated carbocycles. The van der Waals surface area contributed by atoms with Crippen LogP contribution in [0.2, 0.25) is 0 Å². The molecule has 0 bridgehead atoms. The van der Waals surface area contributed by atoms with E-state index in [-0.39, 0.29) is 24.0 Å². The van der Waals surface area contributed by atoms with Crippen molar-refractivity contribution in [3.05, 3.63) is 24.3 Å². The summed E-state index contributed by atoms with van der Waals surface area (Å²) in [5.74, 6) is 2.47. The first-order valence-electron chi connectivity index (χ1n) is 7.66. The third-order valence-corrected chi connectivity index (χ3v) is 3.07. The minimum absolute atomic E-state index is 0. The van der Waals surface area contributed by atoms with E-state index in [0.29, 0.717) is 29.8 Å². The number of anilines is 1. The number of ether oxygens (including phenoxy) is 3. The number of aliphatic imine (C=N–C) groups is 1. The van der Waals surface area contributed by atoms with E-state index in [9.17, 15) is 0 Å². The Bertz CT molecular complexity index is 523. The van der Waals surface area contributed by atoms with Crippen molar-refractivity contribution in [3.63, 3.8) is 0 Å². The first-order chi connectivity index (χ1) is 11.2. The molecule has 0 saturated heterocycles. The van der Waals surface area contributed by atoms with Crippen molar-refractivity contribution in [2.24, 2.45) is 4.99 Å². The summed E-state index contributed by atoms with van der Waals surface area (Å²) < 4.78 is 16.0. The Morgan fingerprint density at radius 2 is 1.75 bits per heavy atom. The number of hydrogen-bond acceptors (Lipinski definition) is 4. The highest BCUT2D eigenvalue weighted by atomic mass is 127. The monoisotopic (exact) mass is 449 g/mol. The zero-order valence-corrected chi connectivity index (χ0v) is 17.3. The second kappa shape index (κ2) is 12.7. The largest absolute Gasteiger partial charge is 0.493 e. The zero-order valence-electron chi connectivity index (χ0n) is 15.0. The van der Waals surface area contributed by atoms with Crippen LogP contribution in [0.15, 0.2) is 29.3 Å². The van der Waals surface area contributed by atoms with Crippen LogP contribution in [0.1, 0.15) is 20.3 Å². The van der Waals surface area contributed by atoms with Crippen LogP contribution in [0.5, 0.6) is 17.2 Å².